The van der Waals surface area contributed by atoms with Crippen LogP contribution in [-0.2, 0) is 0 Å². The lowest BCUT2D eigenvalue weighted by Gasteiger charge is -1.90. The van der Waals surface area contributed by atoms with Crippen LogP contribution in [0.2, 0.25) is 0 Å². The predicted molar refractivity (Wildman–Crippen MR) is 67.9 cm³/mol. The van der Waals surface area contributed by atoms with E-state index in [-0.39, 0.29) is 31.4 Å². The summed E-state index contributed by atoms with van der Waals surface area (Å²) < 4.78 is 0. The van der Waals surface area contributed by atoms with E-state index in [0.717, 1.165) is 0 Å². The van der Waals surface area contributed by atoms with Crippen LogP contribution in [0.25, 0.3) is 0 Å². The molecule has 0 saturated carbocycles. The van der Waals surface area contributed by atoms with Crippen LogP contribution in [0.4, 0.5) is 0 Å². The van der Waals surface area contributed by atoms with E-state index in [1.54, 1.807) is 0 Å². The Bertz CT molecular complexity index is 24.1. The number of rotatable bonds is 4. The summed E-state index contributed by atoms with van der Waals surface area (Å²) >= 11 is 0. The van der Waals surface area contributed by atoms with E-state index in [1.165, 1.54) is 32.1 Å². The third-order valence-corrected chi connectivity index (χ3v) is 1.21. The van der Waals surface area contributed by atoms with Gasteiger partial charge in [0.25, 0.3) is 0 Å². The Labute approximate surface area is 91.2 Å². The van der Waals surface area contributed by atoms with Gasteiger partial charge in [-0.15, -0.1) is 24.0 Å². The molecular weight excluding hydrogens is 247 g/mol. The summed E-state index contributed by atoms with van der Waals surface area (Å²) in [6.45, 7) is 8.49. The van der Waals surface area contributed by atoms with Crippen LogP contribution in [0.15, 0.2) is 0 Å². The van der Waals surface area contributed by atoms with Gasteiger partial charge in [-0.2, -0.15) is 0 Å². The van der Waals surface area contributed by atoms with Crippen molar-refractivity contribution >= 4 is 24.0 Å². The third kappa shape index (κ3) is 36.6. The predicted octanol–water partition coefficient (Wildman–Crippen LogP) is 5.26. The zero-order valence-electron chi connectivity index (χ0n) is 7.94. The fourth-order valence-electron chi connectivity index (χ4n) is 0.677. The summed E-state index contributed by atoms with van der Waals surface area (Å²) in [7, 11) is 0. The summed E-state index contributed by atoms with van der Waals surface area (Å²) in [6, 6.07) is 0. The van der Waals surface area contributed by atoms with Crippen molar-refractivity contribution in [3.8, 4) is 0 Å². The van der Waals surface area contributed by atoms with Crippen molar-refractivity contribution < 1.29 is 0 Å². The Balaban J connectivity index is -0.0000000564. The molecule has 0 aliphatic carbocycles. The smallest absolute Gasteiger partial charge is 0.0533 e. The molecule has 11 heavy (non-hydrogen) atoms. The number of unbranched alkanes of at least 4 members (excludes halogenated alkanes) is 4. The zero-order valence-corrected chi connectivity index (χ0v) is 10.3. The Hall–Kier alpha value is 0.730. The molecule has 0 bridgehead atoms. The van der Waals surface area contributed by atoms with Gasteiger partial charge in [-0.25, -0.2) is 0 Å². The Morgan fingerprint density at radius 2 is 1.00 bits per heavy atom. The first-order valence-electron chi connectivity index (χ1n) is 4.41. The molecule has 0 N–H and O–H groups in total. The second kappa shape index (κ2) is 30.9. The van der Waals surface area contributed by atoms with E-state index in [1.807, 2.05) is 13.8 Å². The molecule has 0 spiro atoms. The number of hydrogen-bond donors (Lipinski definition) is 0. The number of hydrogen-bond acceptors (Lipinski definition) is 0. The molecular formula is C10H27I. The van der Waals surface area contributed by atoms with Gasteiger partial charge in [-0.1, -0.05) is 67.2 Å². The highest BCUT2D eigenvalue weighted by molar-refractivity contribution is 14.0. The molecule has 0 aromatic rings. The van der Waals surface area contributed by atoms with Gasteiger partial charge < -0.3 is 0 Å². The first-order valence-corrected chi connectivity index (χ1v) is 4.41. The minimum Gasteiger partial charge on any atom is -0.107 e. The highest BCUT2D eigenvalue weighted by Crippen LogP contribution is 2.00. The largest absolute Gasteiger partial charge is 0.107 e. The molecule has 0 heterocycles. The topological polar surface area (TPSA) is 0 Å². The van der Waals surface area contributed by atoms with Crippen molar-refractivity contribution in [3.63, 3.8) is 0 Å². The molecule has 1 heteroatoms. The molecule has 0 atom stereocenters. The van der Waals surface area contributed by atoms with Crippen LogP contribution in [0, 0.1) is 0 Å². The van der Waals surface area contributed by atoms with E-state index in [2.05, 4.69) is 13.8 Å². The molecule has 74 valence electrons. The molecule has 0 unspecified atom stereocenters. The van der Waals surface area contributed by atoms with Crippen molar-refractivity contribution in [2.24, 2.45) is 0 Å². The molecule has 0 aliphatic rings. The molecule has 0 nitrogen and oxygen atoms in total. The standard InChI is InChI=1S/C7H16.C2H6.CH4.HI/c1-3-5-7-6-4-2;1-2;;/h3-7H2,1-2H3;1-2H3;1H4;1H. The minimum absolute atomic E-state index is 0. The molecule has 0 fully saturated rings. The van der Waals surface area contributed by atoms with Crippen LogP contribution in [-0.4, -0.2) is 0 Å². The second-order valence-electron chi connectivity index (χ2n) is 2.06. The average molecular weight is 274 g/mol. The van der Waals surface area contributed by atoms with Gasteiger partial charge in [0.15, 0.2) is 0 Å². The van der Waals surface area contributed by atoms with E-state index >= 15 is 0 Å². The van der Waals surface area contributed by atoms with Crippen molar-refractivity contribution in [3.05, 3.63) is 0 Å². The first-order chi connectivity index (χ1) is 4.41. The summed E-state index contributed by atoms with van der Waals surface area (Å²) in [6.07, 6.45) is 7.01. The van der Waals surface area contributed by atoms with Gasteiger partial charge in [0, 0.05) is 0 Å². The SMILES string of the molecule is C.CC.CCCCCCC.I. The van der Waals surface area contributed by atoms with E-state index in [0.29, 0.717) is 0 Å². The van der Waals surface area contributed by atoms with Crippen LogP contribution in [0.5, 0.6) is 0 Å². The Morgan fingerprint density at radius 3 is 1.18 bits per heavy atom. The molecule has 0 aliphatic heterocycles. The van der Waals surface area contributed by atoms with Gasteiger partial charge in [0.05, 0.1) is 0 Å². The van der Waals surface area contributed by atoms with E-state index < -0.39 is 0 Å². The second-order valence-corrected chi connectivity index (χ2v) is 2.06. The summed E-state index contributed by atoms with van der Waals surface area (Å²) in [5.41, 5.74) is 0. The molecule has 0 rings (SSSR count). The van der Waals surface area contributed by atoms with Gasteiger partial charge in [-0.3, -0.25) is 0 Å². The van der Waals surface area contributed by atoms with E-state index in [4.69, 9.17) is 0 Å². The first kappa shape index (κ1) is 22.6. The van der Waals surface area contributed by atoms with Crippen molar-refractivity contribution in [1.29, 1.82) is 0 Å². The van der Waals surface area contributed by atoms with Crippen LogP contribution in [0.1, 0.15) is 67.2 Å². The summed E-state index contributed by atoms with van der Waals surface area (Å²) in [4.78, 5) is 0. The summed E-state index contributed by atoms with van der Waals surface area (Å²) in [5, 5.41) is 0. The lowest BCUT2D eigenvalue weighted by atomic mass is 10.2. The van der Waals surface area contributed by atoms with Crippen molar-refractivity contribution in [1.82, 2.24) is 0 Å². The highest BCUT2D eigenvalue weighted by atomic mass is 127. The van der Waals surface area contributed by atoms with Gasteiger partial charge in [-0.05, 0) is 0 Å². The van der Waals surface area contributed by atoms with Crippen LogP contribution in [0.3, 0.4) is 0 Å². The fourth-order valence-corrected chi connectivity index (χ4v) is 0.677. The van der Waals surface area contributed by atoms with Gasteiger partial charge in [0.1, 0.15) is 0 Å². The van der Waals surface area contributed by atoms with E-state index in [9.17, 15) is 0 Å². The number of halogens is 1. The molecule has 0 amide bonds. The lowest BCUT2D eigenvalue weighted by molar-refractivity contribution is 0.656. The quantitative estimate of drug-likeness (QED) is 0.484. The highest BCUT2D eigenvalue weighted by Gasteiger charge is 1.80. The van der Waals surface area contributed by atoms with Crippen LogP contribution >= 0.6 is 24.0 Å². The normalized spacial score (nSPS) is 6.55. The molecule has 0 aromatic heterocycles. The van der Waals surface area contributed by atoms with Crippen LogP contribution < -0.4 is 0 Å². The van der Waals surface area contributed by atoms with Gasteiger partial charge in [0.2, 0.25) is 0 Å². The molecule has 0 saturated heterocycles. The Morgan fingerprint density at radius 1 is 0.727 bits per heavy atom. The van der Waals surface area contributed by atoms with Gasteiger partial charge >= 0.3 is 0 Å². The Kier molecular flexibility index (Phi) is 63.6. The molecule has 0 aromatic carbocycles. The van der Waals surface area contributed by atoms with Crippen molar-refractivity contribution in [2.45, 2.75) is 67.2 Å². The maximum absolute atomic E-state index is 2.25. The monoisotopic (exact) mass is 274 g/mol. The minimum atomic E-state index is 0. The molecule has 0 radical (unpaired) electrons. The zero-order chi connectivity index (χ0) is 7.54. The van der Waals surface area contributed by atoms with Crippen molar-refractivity contribution in [2.75, 3.05) is 0 Å². The third-order valence-electron chi connectivity index (χ3n) is 1.21. The average Bonchev–Trinajstić information content (AvgIpc) is 1.94. The maximum atomic E-state index is 2.25. The summed E-state index contributed by atoms with van der Waals surface area (Å²) in [5.74, 6) is 0. The lowest BCUT2D eigenvalue weighted by Crippen LogP contribution is -1.70. The fraction of sp³-hybridized carbons (Fsp3) is 1.00. The maximum Gasteiger partial charge on any atom is -0.0533 e.